The van der Waals surface area contributed by atoms with Crippen LogP contribution in [-0.2, 0) is 19.6 Å². The molecular formula is C18H14Cl2F3N. The van der Waals surface area contributed by atoms with Crippen LogP contribution in [0.25, 0.3) is 10.9 Å². The van der Waals surface area contributed by atoms with Crippen molar-refractivity contribution in [3.63, 3.8) is 0 Å². The van der Waals surface area contributed by atoms with Gasteiger partial charge in [-0.2, -0.15) is 13.2 Å². The summed E-state index contributed by atoms with van der Waals surface area (Å²) in [5, 5.41) is 1.89. The number of halogens is 5. The van der Waals surface area contributed by atoms with Gasteiger partial charge in [0.25, 0.3) is 0 Å². The fourth-order valence-electron chi connectivity index (χ4n) is 2.79. The molecule has 0 spiro atoms. The summed E-state index contributed by atoms with van der Waals surface area (Å²) in [5.41, 5.74) is 2.40. The molecule has 0 aliphatic rings. The minimum Gasteiger partial charge on any atom is -0.347 e. The minimum atomic E-state index is -4.36. The number of rotatable bonds is 2. The quantitative estimate of drug-likeness (QED) is 0.490. The van der Waals surface area contributed by atoms with Crippen molar-refractivity contribution in [2.24, 2.45) is 7.05 Å². The third-order valence-electron chi connectivity index (χ3n) is 4.21. The van der Waals surface area contributed by atoms with Crippen LogP contribution in [-0.4, -0.2) is 4.57 Å². The van der Waals surface area contributed by atoms with Crippen molar-refractivity contribution in [2.45, 2.75) is 19.5 Å². The highest BCUT2D eigenvalue weighted by molar-refractivity contribution is 6.36. The molecule has 0 saturated heterocycles. The normalized spacial score (nSPS) is 12.1. The number of hydrogen-bond donors (Lipinski definition) is 0. The SMILES string of the molecule is Cc1ccc(Cl)c(Cc2cc3ccc(C(F)(F)F)cc3n2C)c1Cl. The van der Waals surface area contributed by atoms with E-state index in [-0.39, 0.29) is 0 Å². The molecule has 0 fully saturated rings. The fourth-order valence-corrected chi connectivity index (χ4v) is 3.30. The van der Waals surface area contributed by atoms with E-state index in [9.17, 15) is 13.2 Å². The molecule has 0 aliphatic carbocycles. The van der Waals surface area contributed by atoms with Crippen LogP contribution in [0.2, 0.25) is 10.0 Å². The average Bonchev–Trinajstić information content (AvgIpc) is 2.83. The van der Waals surface area contributed by atoms with Crippen molar-refractivity contribution in [1.82, 2.24) is 4.57 Å². The van der Waals surface area contributed by atoms with Crippen molar-refractivity contribution < 1.29 is 13.2 Å². The maximum atomic E-state index is 12.9. The van der Waals surface area contributed by atoms with E-state index in [0.717, 1.165) is 34.3 Å². The van der Waals surface area contributed by atoms with Crippen LogP contribution >= 0.6 is 23.2 Å². The molecule has 0 atom stereocenters. The molecule has 3 rings (SSSR count). The van der Waals surface area contributed by atoms with Crippen LogP contribution in [0.4, 0.5) is 13.2 Å². The highest BCUT2D eigenvalue weighted by atomic mass is 35.5. The number of fused-ring (bicyclic) bond motifs is 1. The molecule has 24 heavy (non-hydrogen) atoms. The van der Waals surface area contributed by atoms with Crippen LogP contribution in [0.15, 0.2) is 36.4 Å². The monoisotopic (exact) mass is 371 g/mol. The lowest BCUT2D eigenvalue weighted by atomic mass is 10.1. The van der Waals surface area contributed by atoms with Gasteiger partial charge in [0, 0.05) is 34.7 Å². The molecule has 0 amide bonds. The Balaban J connectivity index is 2.09. The first-order valence-corrected chi connectivity index (χ1v) is 8.03. The Morgan fingerprint density at radius 1 is 1.04 bits per heavy atom. The van der Waals surface area contributed by atoms with Crippen molar-refractivity contribution in [3.8, 4) is 0 Å². The van der Waals surface area contributed by atoms with Gasteiger partial charge >= 0.3 is 6.18 Å². The summed E-state index contributed by atoms with van der Waals surface area (Å²) in [7, 11) is 1.75. The third kappa shape index (κ3) is 3.01. The van der Waals surface area contributed by atoms with Gasteiger partial charge in [0.2, 0.25) is 0 Å². The zero-order chi connectivity index (χ0) is 17.6. The van der Waals surface area contributed by atoms with E-state index in [1.165, 1.54) is 6.07 Å². The van der Waals surface area contributed by atoms with Gasteiger partial charge in [-0.05, 0) is 47.7 Å². The number of benzene rings is 2. The second-order valence-electron chi connectivity index (χ2n) is 5.80. The Kier molecular flexibility index (Phi) is 4.30. The summed E-state index contributed by atoms with van der Waals surface area (Å²) in [5.74, 6) is 0. The predicted octanol–water partition coefficient (Wildman–Crippen LogP) is 6.40. The van der Waals surface area contributed by atoms with Crippen LogP contribution < -0.4 is 0 Å². The maximum absolute atomic E-state index is 12.9. The van der Waals surface area contributed by atoms with Gasteiger partial charge in [0.05, 0.1) is 5.56 Å². The summed E-state index contributed by atoms with van der Waals surface area (Å²) in [4.78, 5) is 0. The largest absolute Gasteiger partial charge is 0.416 e. The van der Waals surface area contributed by atoms with E-state index in [1.54, 1.807) is 17.7 Å². The zero-order valence-electron chi connectivity index (χ0n) is 13.0. The molecule has 2 aromatic carbocycles. The second-order valence-corrected chi connectivity index (χ2v) is 6.58. The highest BCUT2D eigenvalue weighted by Gasteiger charge is 2.30. The molecule has 1 aromatic heterocycles. The van der Waals surface area contributed by atoms with E-state index in [0.29, 0.717) is 22.0 Å². The molecule has 0 aliphatic heterocycles. The summed E-state index contributed by atoms with van der Waals surface area (Å²) in [6.07, 6.45) is -3.91. The lowest BCUT2D eigenvalue weighted by Gasteiger charge is -2.11. The van der Waals surface area contributed by atoms with Gasteiger partial charge < -0.3 is 4.57 Å². The van der Waals surface area contributed by atoms with Gasteiger partial charge in [0.1, 0.15) is 0 Å². The second kappa shape index (κ2) is 6.01. The minimum absolute atomic E-state index is 0.450. The standard InChI is InChI=1S/C18H14Cl2F3N/c1-10-3-6-15(19)14(17(10)20)9-13-7-11-4-5-12(18(21,22)23)8-16(11)24(13)2/h3-8H,9H2,1-2H3. The Hall–Kier alpha value is -1.65. The average molecular weight is 372 g/mol. The molecule has 0 unspecified atom stereocenters. The summed E-state index contributed by atoms with van der Waals surface area (Å²) >= 11 is 12.6. The molecule has 126 valence electrons. The van der Waals surface area contributed by atoms with E-state index in [4.69, 9.17) is 23.2 Å². The van der Waals surface area contributed by atoms with Crippen molar-refractivity contribution >= 4 is 34.1 Å². The molecule has 1 heterocycles. The topological polar surface area (TPSA) is 4.93 Å². The van der Waals surface area contributed by atoms with E-state index >= 15 is 0 Å². The van der Waals surface area contributed by atoms with Gasteiger partial charge in [-0.25, -0.2) is 0 Å². The van der Waals surface area contributed by atoms with Crippen LogP contribution in [0.1, 0.15) is 22.4 Å². The van der Waals surface area contributed by atoms with E-state index < -0.39 is 11.7 Å². The number of nitrogens with zero attached hydrogens (tertiary/aromatic N) is 1. The Labute approximate surface area is 147 Å². The fraction of sp³-hybridized carbons (Fsp3) is 0.222. The summed E-state index contributed by atoms with van der Waals surface area (Å²) < 4.78 is 40.5. The summed E-state index contributed by atoms with van der Waals surface area (Å²) in [6.45, 7) is 1.89. The molecular weight excluding hydrogens is 358 g/mol. The van der Waals surface area contributed by atoms with Crippen molar-refractivity contribution in [3.05, 3.63) is 68.8 Å². The van der Waals surface area contributed by atoms with Gasteiger partial charge in [-0.3, -0.25) is 0 Å². The molecule has 0 radical (unpaired) electrons. The van der Waals surface area contributed by atoms with Crippen LogP contribution in [0, 0.1) is 6.92 Å². The van der Waals surface area contributed by atoms with E-state index in [1.807, 2.05) is 19.1 Å². The van der Waals surface area contributed by atoms with Crippen molar-refractivity contribution in [1.29, 1.82) is 0 Å². The lowest BCUT2D eigenvalue weighted by Crippen LogP contribution is -2.05. The molecule has 1 nitrogen and oxygen atoms in total. The van der Waals surface area contributed by atoms with E-state index in [2.05, 4.69) is 0 Å². The number of alkyl halides is 3. The molecule has 3 aromatic rings. The first-order chi connectivity index (χ1) is 11.2. The highest BCUT2D eigenvalue weighted by Crippen LogP contribution is 2.34. The van der Waals surface area contributed by atoms with Gasteiger partial charge in [0.15, 0.2) is 0 Å². The number of aromatic nitrogens is 1. The van der Waals surface area contributed by atoms with Crippen LogP contribution in [0.3, 0.4) is 0 Å². The maximum Gasteiger partial charge on any atom is 0.416 e. The van der Waals surface area contributed by atoms with Crippen LogP contribution in [0.5, 0.6) is 0 Å². The Bertz CT molecular complexity index is 926. The zero-order valence-corrected chi connectivity index (χ0v) is 14.5. The predicted molar refractivity (Wildman–Crippen MR) is 91.9 cm³/mol. The Morgan fingerprint density at radius 3 is 2.42 bits per heavy atom. The number of aryl methyl sites for hydroxylation is 2. The summed E-state index contributed by atoms with van der Waals surface area (Å²) in [6, 6.07) is 9.23. The Morgan fingerprint density at radius 2 is 1.75 bits per heavy atom. The molecule has 0 saturated carbocycles. The van der Waals surface area contributed by atoms with Gasteiger partial charge in [-0.1, -0.05) is 35.3 Å². The third-order valence-corrected chi connectivity index (χ3v) is 5.09. The molecule has 6 heteroatoms. The molecule has 0 bridgehead atoms. The molecule has 0 N–H and O–H groups in total. The first-order valence-electron chi connectivity index (χ1n) is 7.27. The number of hydrogen-bond acceptors (Lipinski definition) is 0. The first kappa shape index (κ1) is 17.2. The smallest absolute Gasteiger partial charge is 0.347 e. The van der Waals surface area contributed by atoms with Gasteiger partial charge in [-0.15, -0.1) is 0 Å². The van der Waals surface area contributed by atoms with Crippen molar-refractivity contribution in [2.75, 3.05) is 0 Å². The lowest BCUT2D eigenvalue weighted by molar-refractivity contribution is -0.137.